The molecule has 0 atom stereocenters. The van der Waals surface area contributed by atoms with E-state index in [1.54, 1.807) is 0 Å². The molecule has 4 aromatic rings. The predicted molar refractivity (Wildman–Crippen MR) is 112 cm³/mol. The van der Waals surface area contributed by atoms with Gasteiger partial charge in [-0.1, -0.05) is 17.7 Å². The van der Waals surface area contributed by atoms with Crippen molar-refractivity contribution in [3.05, 3.63) is 76.5 Å². The number of alkyl halides is 3. The van der Waals surface area contributed by atoms with Crippen LogP contribution in [0.4, 0.5) is 18.9 Å². The van der Waals surface area contributed by atoms with Crippen molar-refractivity contribution < 1.29 is 22.8 Å². The highest BCUT2D eigenvalue weighted by Gasteiger charge is 2.41. The lowest BCUT2D eigenvalue weighted by atomic mass is 10.1. The molecule has 5 rings (SSSR count). The lowest BCUT2D eigenvalue weighted by molar-refractivity contribution is -0.143. The minimum Gasteiger partial charge on any atom is -0.348 e. The number of hydrogen-bond donors (Lipinski definition) is 2. The maximum atomic E-state index is 14.1. The number of hydrogen-bond acceptors (Lipinski definition) is 6. The van der Waals surface area contributed by atoms with E-state index >= 15 is 0 Å². The zero-order chi connectivity index (χ0) is 24.0. The van der Waals surface area contributed by atoms with Crippen molar-refractivity contribution in [2.45, 2.75) is 12.7 Å². The van der Waals surface area contributed by atoms with E-state index in [2.05, 4.69) is 30.9 Å². The molecular formula is C20H12ClF3N8O2. The van der Waals surface area contributed by atoms with E-state index in [-0.39, 0.29) is 34.3 Å². The third kappa shape index (κ3) is 3.65. The molecule has 1 aliphatic rings. The Bertz CT molecular complexity index is 1430. The highest BCUT2D eigenvalue weighted by atomic mass is 35.5. The fourth-order valence-corrected chi connectivity index (χ4v) is 3.82. The number of rotatable bonds is 4. The van der Waals surface area contributed by atoms with Crippen LogP contribution in [0.5, 0.6) is 0 Å². The molecule has 1 aliphatic heterocycles. The smallest absolute Gasteiger partial charge is 0.348 e. The number of amides is 2. The largest absolute Gasteiger partial charge is 0.434 e. The van der Waals surface area contributed by atoms with Gasteiger partial charge in [0.25, 0.3) is 11.8 Å². The maximum absolute atomic E-state index is 14.1. The van der Waals surface area contributed by atoms with E-state index in [9.17, 15) is 22.8 Å². The van der Waals surface area contributed by atoms with Crippen LogP contribution < -0.4 is 10.6 Å². The van der Waals surface area contributed by atoms with Gasteiger partial charge in [0, 0.05) is 17.7 Å². The lowest BCUT2D eigenvalue weighted by Crippen LogP contribution is -2.21. The standard InChI is InChI=1S/C20H12ClF3N8O2/c21-14-6-10(7-25-17(14)32-27-4-5-28-32)30-19(34)13-9-29-31(16(13)20(22,23)24)15-3-1-2-11-12(15)8-26-18(11)33/h1-7,9H,8H2,(H,26,33)(H,30,34). The van der Waals surface area contributed by atoms with Crippen molar-refractivity contribution in [1.29, 1.82) is 0 Å². The number of pyridine rings is 1. The number of anilines is 1. The molecule has 0 aliphatic carbocycles. The Hall–Kier alpha value is -4.26. The van der Waals surface area contributed by atoms with Gasteiger partial charge in [0.05, 0.1) is 46.7 Å². The molecule has 0 bridgehead atoms. The van der Waals surface area contributed by atoms with Crippen molar-refractivity contribution >= 4 is 29.1 Å². The molecule has 1 aromatic carbocycles. The first-order valence-corrected chi connectivity index (χ1v) is 10.0. The van der Waals surface area contributed by atoms with Crippen molar-refractivity contribution in [3.8, 4) is 11.5 Å². The van der Waals surface area contributed by atoms with E-state index in [0.29, 0.717) is 10.2 Å². The van der Waals surface area contributed by atoms with Gasteiger partial charge in [-0.2, -0.15) is 28.5 Å². The van der Waals surface area contributed by atoms with Gasteiger partial charge in [0.2, 0.25) is 0 Å². The average molecular weight is 489 g/mol. The first-order valence-electron chi connectivity index (χ1n) is 9.63. The number of carbonyl (C=O) groups excluding carboxylic acids is 2. The molecule has 10 nitrogen and oxygen atoms in total. The van der Waals surface area contributed by atoms with Gasteiger partial charge in [0.1, 0.15) is 0 Å². The lowest BCUT2D eigenvalue weighted by Gasteiger charge is -2.15. The molecule has 2 N–H and O–H groups in total. The second kappa shape index (κ2) is 7.95. The normalized spacial score (nSPS) is 13.0. The molecule has 14 heteroatoms. The number of halogens is 4. The molecule has 172 valence electrons. The van der Waals surface area contributed by atoms with Crippen LogP contribution in [0.1, 0.15) is 32.0 Å². The zero-order valence-electron chi connectivity index (χ0n) is 16.8. The molecule has 0 spiro atoms. The van der Waals surface area contributed by atoms with E-state index < -0.39 is 29.2 Å². The van der Waals surface area contributed by atoms with Crippen molar-refractivity contribution in [3.63, 3.8) is 0 Å². The van der Waals surface area contributed by atoms with Crippen LogP contribution in [0.2, 0.25) is 5.02 Å². The Morgan fingerprint density at radius 3 is 2.62 bits per heavy atom. The van der Waals surface area contributed by atoms with Crippen molar-refractivity contribution in [2.24, 2.45) is 0 Å². The molecule has 3 aromatic heterocycles. The second-order valence-electron chi connectivity index (χ2n) is 7.10. The number of fused-ring (bicyclic) bond motifs is 1. The topological polar surface area (TPSA) is 120 Å². The zero-order valence-corrected chi connectivity index (χ0v) is 17.6. The minimum absolute atomic E-state index is 0.0445. The van der Waals surface area contributed by atoms with E-state index in [4.69, 9.17) is 11.6 Å². The molecule has 0 radical (unpaired) electrons. The Morgan fingerprint density at radius 1 is 1.15 bits per heavy atom. The summed E-state index contributed by atoms with van der Waals surface area (Å²) in [5.41, 5.74) is -1.29. The van der Waals surface area contributed by atoms with Crippen LogP contribution in [0.25, 0.3) is 11.5 Å². The number of carbonyl (C=O) groups is 2. The molecule has 34 heavy (non-hydrogen) atoms. The van der Waals surface area contributed by atoms with Gasteiger partial charge >= 0.3 is 6.18 Å². The number of benzene rings is 1. The van der Waals surface area contributed by atoms with Gasteiger partial charge < -0.3 is 10.6 Å². The summed E-state index contributed by atoms with van der Waals surface area (Å²) in [5, 5.41) is 16.6. The Balaban J connectivity index is 1.51. The summed E-state index contributed by atoms with van der Waals surface area (Å²) in [6.07, 6.45) is -0.0655. The van der Waals surface area contributed by atoms with Crippen LogP contribution in [-0.4, -0.2) is 41.6 Å². The third-order valence-electron chi connectivity index (χ3n) is 5.02. The van der Waals surface area contributed by atoms with Gasteiger partial charge in [-0.05, 0) is 18.2 Å². The van der Waals surface area contributed by atoms with E-state index in [1.165, 1.54) is 42.9 Å². The quantitative estimate of drug-likeness (QED) is 0.456. The van der Waals surface area contributed by atoms with E-state index in [0.717, 1.165) is 11.0 Å². The monoisotopic (exact) mass is 488 g/mol. The van der Waals surface area contributed by atoms with Gasteiger partial charge in [-0.25, -0.2) is 9.67 Å². The summed E-state index contributed by atoms with van der Waals surface area (Å²) < 4.78 is 42.8. The fourth-order valence-electron chi connectivity index (χ4n) is 3.58. The number of nitrogens with zero attached hydrogens (tertiary/aromatic N) is 6. The van der Waals surface area contributed by atoms with Crippen LogP contribution in [0.3, 0.4) is 0 Å². The molecule has 0 unspecified atom stereocenters. The summed E-state index contributed by atoms with van der Waals surface area (Å²) in [4.78, 5) is 29.9. The molecule has 2 amide bonds. The SMILES string of the molecule is O=C1NCc2c1cccc2-n1ncc(C(=O)Nc2cnc(-n3nccn3)c(Cl)c2)c1C(F)(F)F. The van der Waals surface area contributed by atoms with Gasteiger partial charge in [-0.15, -0.1) is 4.80 Å². The first-order chi connectivity index (χ1) is 16.2. The number of nitrogens with one attached hydrogen (secondary N) is 2. The van der Waals surface area contributed by atoms with Crippen LogP contribution in [0, 0.1) is 0 Å². The highest BCUT2D eigenvalue weighted by molar-refractivity contribution is 6.32. The Morgan fingerprint density at radius 2 is 1.91 bits per heavy atom. The van der Waals surface area contributed by atoms with Gasteiger partial charge in [-0.3, -0.25) is 9.59 Å². The summed E-state index contributed by atoms with van der Waals surface area (Å²) in [5.74, 6) is -1.29. The van der Waals surface area contributed by atoms with Crippen LogP contribution in [-0.2, 0) is 12.7 Å². The summed E-state index contributed by atoms with van der Waals surface area (Å²) in [6.45, 7) is 0.0463. The highest BCUT2D eigenvalue weighted by Crippen LogP contribution is 2.35. The fraction of sp³-hybridized carbons (Fsp3) is 0.100. The average Bonchev–Trinajstić information content (AvgIpc) is 3.53. The predicted octanol–water partition coefficient (Wildman–Crippen LogP) is 3.02. The summed E-state index contributed by atoms with van der Waals surface area (Å²) >= 11 is 6.16. The molecule has 4 heterocycles. The first kappa shape index (κ1) is 21.6. The van der Waals surface area contributed by atoms with Gasteiger partial charge in [0.15, 0.2) is 11.5 Å². The molecule has 0 saturated heterocycles. The molecular weight excluding hydrogens is 477 g/mol. The summed E-state index contributed by atoms with van der Waals surface area (Å²) in [7, 11) is 0. The summed E-state index contributed by atoms with van der Waals surface area (Å²) in [6, 6.07) is 5.66. The number of aromatic nitrogens is 6. The second-order valence-corrected chi connectivity index (χ2v) is 7.51. The third-order valence-corrected chi connectivity index (χ3v) is 5.30. The Kier molecular flexibility index (Phi) is 5.05. The van der Waals surface area contributed by atoms with Crippen molar-refractivity contribution in [1.82, 2.24) is 35.1 Å². The maximum Gasteiger partial charge on any atom is 0.434 e. The van der Waals surface area contributed by atoms with Crippen molar-refractivity contribution in [2.75, 3.05) is 5.32 Å². The Labute approximate surface area is 193 Å². The molecule has 0 fully saturated rings. The van der Waals surface area contributed by atoms with E-state index in [1.807, 2.05) is 0 Å². The van der Waals surface area contributed by atoms with Crippen LogP contribution in [0.15, 0.2) is 49.1 Å². The van der Waals surface area contributed by atoms with Crippen LogP contribution >= 0.6 is 11.6 Å². The molecule has 0 saturated carbocycles. The minimum atomic E-state index is -4.92.